The Bertz CT molecular complexity index is 1290. The van der Waals surface area contributed by atoms with E-state index in [9.17, 15) is 19.2 Å². The summed E-state index contributed by atoms with van der Waals surface area (Å²) >= 11 is 8.21. The van der Waals surface area contributed by atoms with Crippen molar-refractivity contribution in [3.63, 3.8) is 0 Å². The minimum Gasteiger partial charge on any atom is -0.325 e. The Labute approximate surface area is 195 Å². The second-order valence-electron chi connectivity index (χ2n) is 7.48. The minimum absolute atomic E-state index is 0.188. The van der Waals surface area contributed by atoms with Gasteiger partial charge in [0.05, 0.1) is 10.9 Å². The van der Waals surface area contributed by atoms with Crippen molar-refractivity contribution in [1.82, 2.24) is 9.88 Å². The van der Waals surface area contributed by atoms with Crippen molar-refractivity contribution in [3.05, 3.63) is 79.7 Å². The molecule has 0 saturated carbocycles. The summed E-state index contributed by atoms with van der Waals surface area (Å²) in [4.78, 5) is 51.0. The van der Waals surface area contributed by atoms with Crippen molar-refractivity contribution in [2.45, 2.75) is 22.7 Å². The third-order valence-corrected chi connectivity index (χ3v) is 8.34. The summed E-state index contributed by atoms with van der Waals surface area (Å²) < 4.78 is 1.39. The number of nitrogens with zero attached hydrogens (tertiary/aromatic N) is 1. The Morgan fingerprint density at radius 2 is 1.75 bits per heavy atom. The van der Waals surface area contributed by atoms with Crippen LogP contribution < -0.4 is 15.5 Å². The third kappa shape index (κ3) is 3.66. The summed E-state index contributed by atoms with van der Waals surface area (Å²) in [6.45, 7) is -0.188. The van der Waals surface area contributed by atoms with Gasteiger partial charge in [-0.25, -0.2) is 0 Å². The minimum atomic E-state index is -0.673. The highest BCUT2D eigenvalue weighted by Gasteiger charge is 2.52. The quantitative estimate of drug-likeness (QED) is 0.553. The molecule has 2 N–H and O–H groups in total. The molecule has 2 aliphatic rings. The van der Waals surface area contributed by atoms with Gasteiger partial charge in [0.2, 0.25) is 17.7 Å². The monoisotopic (exact) mass is 485 g/mol. The summed E-state index contributed by atoms with van der Waals surface area (Å²) in [6, 6.07) is 16.0. The molecule has 1 aromatic heterocycles. The summed E-state index contributed by atoms with van der Waals surface area (Å²) in [6.07, 6.45) is 0. The summed E-state index contributed by atoms with van der Waals surface area (Å²) in [5.74, 6) is -2.19. The molecule has 3 aromatic rings. The number of carbonyl (C=O) groups excluding carboxylic acids is 3. The van der Waals surface area contributed by atoms with Gasteiger partial charge in [0, 0.05) is 21.5 Å². The number of carbonyl (C=O) groups is 3. The molecular weight excluding hydrogens is 470 g/mol. The fourth-order valence-corrected chi connectivity index (χ4v) is 6.94. The maximum absolute atomic E-state index is 12.9. The second kappa shape index (κ2) is 8.23. The van der Waals surface area contributed by atoms with Crippen LogP contribution >= 0.6 is 34.7 Å². The first-order valence-corrected chi connectivity index (χ1v) is 11.8. The largest absolute Gasteiger partial charge is 0.325 e. The van der Waals surface area contributed by atoms with E-state index in [1.165, 1.54) is 16.3 Å². The molecule has 0 bridgehead atoms. The molecule has 0 aliphatic carbocycles. The number of halogens is 1. The number of thiazole rings is 1. The van der Waals surface area contributed by atoms with E-state index >= 15 is 0 Å². The number of hydrogen-bond donors (Lipinski definition) is 2. The number of para-hydroxylation sites is 1. The van der Waals surface area contributed by atoms with E-state index in [0.717, 1.165) is 16.9 Å². The van der Waals surface area contributed by atoms with Crippen molar-refractivity contribution in [3.8, 4) is 0 Å². The van der Waals surface area contributed by atoms with E-state index in [4.69, 9.17) is 11.6 Å². The number of thioether (sulfide) groups is 1. The van der Waals surface area contributed by atoms with Gasteiger partial charge in [-0.15, -0.1) is 0 Å². The van der Waals surface area contributed by atoms with Crippen molar-refractivity contribution >= 4 is 58.1 Å². The predicted molar refractivity (Wildman–Crippen MR) is 123 cm³/mol. The molecule has 162 valence electrons. The van der Waals surface area contributed by atoms with Crippen molar-refractivity contribution < 1.29 is 14.4 Å². The molecule has 2 aromatic carbocycles. The zero-order valence-corrected chi connectivity index (χ0v) is 18.8. The number of nitrogens with one attached hydrogen (secondary N) is 2. The molecule has 10 heteroatoms. The average Bonchev–Trinajstić information content (AvgIpc) is 3.23. The number of benzene rings is 2. The summed E-state index contributed by atoms with van der Waals surface area (Å²) in [5, 5.41) is 5.61. The van der Waals surface area contributed by atoms with Gasteiger partial charge < -0.3 is 5.32 Å². The molecule has 0 unspecified atom stereocenters. The zero-order chi connectivity index (χ0) is 22.4. The van der Waals surface area contributed by atoms with Crippen molar-refractivity contribution in [2.75, 3.05) is 5.32 Å². The van der Waals surface area contributed by atoms with Gasteiger partial charge in [0.25, 0.3) is 0 Å². The molecule has 0 radical (unpaired) electrons. The van der Waals surface area contributed by atoms with Crippen LogP contribution in [0.25, 0.3) is 0 Å². The lowest BCUT2D eigenvalue weighted by Crippen LogP contribution is -2.32. The first-order valence-electron chi connectivity index (χ1n) is 9.77. The number of hydrogen-bond acceptors (Lipinski definition) is 6. The SMILES string of the molecule is O=C(Cn1c2c(sc1=O)[C@@H](c1ccc(Cl)cc1)[C@H]1C(=O)NC(=O)[C@H]1S2)Nc1ccccc1. The van der Waals surface area contributed by atoms with Gasteiger partial charge in [-0.1, -0.05) is 65.0 Å². The topological polar surface area (TPSA) is 97.3 Å². The van der Waals surface area contributed by atoms with Crippen LogP contribution in [-0.4, -0.2) is 27.5 Å². The zero-order valence-electron chi connectivity index (χ0n) is 16.4. The van der Waals surface area contributed by atoms with Crippen LogP contribution in [0.1, 0.15) is 16.4 Å². The Kier molecular flexibility index (Phi) is 5.40. The molecule has 3 amide bonds. The van der Waals surface area contributed by atoms with Crippen LogP contribution in [0.3, 0.4) is 0 Å². The van der Waals surface area contributed by atoms with Gasteiger partial charge in [0.1, 0.15) is 11.8 Å². The Balaban J connectivity index is 1.54. The molecule has 1 saturated heterocycles. The Hall–Kier alpha value is -2.88. The highest BCUT2D eigenvalue weighted by Crippen LogP contribution is 2.51. The predicted octanol–water partition coefficient (Wildman–Crippen LogP) is 3.08. The van der Waals surface area contributed by atoms with Gasteiger partial charge in [-0.05, 0) is 29.8 Å². The number of aromatic nitrogens is 1. The maximum Gasteiger partial charge on any atom is 0.308 e. The Morgan fingerprint density at radius 1 is 1.03 bits per heavy atom. The van der Waals surface area contributed by atoms with E-state index in [-0.39, 0.29) is 29.1 Å². The van der Waals surface area contributed by atoms with Crippen LogP contribution in [-0.2, 0) is 20.9 Å². The molecular formula is C22H16ClN3O4S2. The molecule has 5 rings (SSSR count). The smallest absolute Gasteiger partial charge is 0.308 e. The highest BCUT2D eigenvalue weighted by molar-refractivity contribution is 8.00. The lowest BCUT2D eigenvalue weighted by Gasteiger charge is -2.30. The second-order valence-corrected chi connectivity index (χ2v) is 10.0. The van der Waals surface area contributed by atoms with Crippen LogP contribution in [0.15, 0.2) is 64.4 Å². The number of imide groups is 1. The average molecular weight is 486 g/mol. The molecule has 3 atom stereocenters. The third-order valence-electron chi connectivity index (χ3n) is 5.48. The lowest BCUT2D eigenvalue weighted by atomic mass is 9.83. The fraction of sp³-hybridized carbons (Fsp3) is 0.182. The van der Waals surface area contributed by atoms with Gasteiger partial charge in [0.15, 0.2) is 0 Å². The number of fused-ring (bicyclic) bond motifs is 2. The lowest BCUT2D eigenvalue weighted by molar-refractivity contribution is -0.126. The van der Waals surface area contributed by atoms with E-state index in [2.05, 4.69) is 10.6 Å². The Morgan fingerprint density at radius 3 is 2.47 bits per heavy atom. The molecule has 32 heavy (non-hydrogen) atoms. The molecule has 1 fully saturated rings. The number of anilines is 1. The van der Waals surface area contributed by atoms with Crippen LogP contribution in [0.5, 0.6) is 0 Å². The van der Waals surface area contributed by atoms with Crippen LogP contribution in [0.4, 0.5) is 5.69 Å². The molecule has 3 heterocycles. The first-order chi connectivity index (χ1) is 15.4. The summed E-state index contributed by atoms with van der Waals surface area (Å²) in [7, 11) is 0. The molecule has 0 spiro atoms. The number of amides is 3. The van der Waals surface area contributed by atoms with Gasteiger partial charge in [-0.3, -0.25) is 29.1 Å². The fourth-order valence-electron chi connectivity index (χ4n) is 4.07. The highest BCUT2D eigenvalue weighted by atomic mass is 35.5. The van der Waals surface area contributed by atoms with Crippen LogP contribution in [0.2, 0.25) is 5.02 Å². The van der Waals surface area contributed by atoms with Gasteiger partial charge in [-0.2, -0.15) is 0 Å². The standard InChI is InChI=1S/C22H16ClN3O4S2/c23-12-8-6-11(7-9-12)15-16-17(20(29)25-19(16)28)31-21-18(15)32-22(30)26(21)10-14(27)24-13-4-2-1-3-5-13/h1-9,15-17H,10H2,(H,24,27)(H,25,28,29)/t15-,16+,17-/m0/s1. The van der Waals surface area contributed by atoms with E-state index in [0.29, 0.717) is 20.6 Å². The van der Waals surface area contributed by atoms with Crippen molar-refractivity contribution in [1.29, 1.82) is 0 Å². The van der Waals surface area contributed by atoms with Gasteiger partial charge >= 0.3 is 4.87 Å². The van der Waals surface area contributed by atoms with Crippen molar-refractivity contribution in [2.24, 2.45) is 5.92 Å². The normalized spacial score (nSPS) is 21.6. The maximum atomic E-state index is 12.9. The number of rotatable bonds is 4. The van der Waals surface area contributed by atoms with E-state index in [1.54, 1.807) is 48.5 Å². The summed E-state index contributed by atoms with van der Waals surface area (Å²) in [5.41, 5.74) is 1.42. The first kappa shape index (κ1) is 21.0. The molecule has 2 aliphatic heterocycles. The van der Waals surface area contributed by atoms with E-state index < -0.39 is 17.1 Å². The van der Waals surface area contributed by atoms with Crippen LogP contribution in [0, 0.1) is 5.92 Å². The van der Waals surface area contributed by atoms with E-state index in [1.807, 2.05) is 6.07 Å². The molecule has 7 nitrogen and oxygen atoms in total.